The molecular weight excluding hydrogens is 2010 g/mol. The number of hydrogen-bond donors (Lipinski definition) is 30. The molecule has 32 N–H and O–H groups in total. The predicted molar refractivity (Wildman–Crippen MR) is 485 cm³/mol. The van der Waals surface area contributed by atoms with Crippen molar-refractivity contribution in [1.82, 2.24) is 0 Å². The van der Waals surface area contributed by atoms with E-state index in [2.05, 4.69) is 4.74 Å². The minimum absolute atomic E-state index is 0. The molecule has 830 valence electrons. The number of hydrogen-bond acceptors (Lipinski definition) is 59. The molecule has 11 heterocycles. The fourth-order valence-corrected chi connectivity index (χ4v) is 18.7. The molecule has 0 amide bonds. The maximum atomic E-state index is 10.2. The maximum absolute atomic E-state index is 10.2. The highest BCUT2D eigenvalue weighted by atomic mass is 32.2. The number of methoxy groups -OCH3 is 7. The smallest absolute Gasteiger partial charge is 0.187 e. The monoisotopic (exact) mass is 2160 g/mol. The molecule has 18 unspecified atom stereocenters. The first-order chi connectivity index (χ1) is 65.5. The molecule has 60 heteroatoms. The van der Waals surface area contributed by atoms with E-state index in [9.17, 15) is 133 Å². The Morgan fingerprint density at radius 1 is 0.216 bits per heavy atom. The Labute approximate surface area is 829 Å². The summed E-state index contributed by atoms with van der Waals surface area (Å²) in [7, 11) is 11.2. The first-order valence-corrected chi connectivity index (χ1v) is 51.8. The van der Waals surface area contributed by atoms with Crippen molar-refractivity contribution >= 4 is 70.6 Å². The van der Waals surface area contributed by atoms with Crippen LogP contribution in [0.1, 0.15) is 13.3 Å². The molecule has 0 aromatic heterocycles. The van der Waals surface area contributed by atoms with E-state index in [1.54, 1.807) is 26.0 Å². The molecule has 0 aromatic rings. The van der Waals surface area contributed by atoms with Gasteiger partial charge in [-0.25, -0.2) is 0 Å². The first kappa shape index (κ1) is 133. The van der Waals surface area contributed by atoms with E-state index in [1.807, 2.05) is 37.5 Å². The maximum Gasteiger partial charge on any atom is 0.187 e. The summed E-state index contributed by atoms with van der Waals surface area (Å²) < 4.78 is 120. The van der Waals surface area contributed by atoms with Crippen molar-refractivity contribution in [3.63, 3.8) is 0 Å². The zero-order valence-electron chi connectivity index (χ0n) is 79.4. The summed E-state index contributed by atoms with van der Waals surface area (Å²) in [6.45, 7) is -1.07. The van der Waals surface area contributed by atoms with Crippen LogP contribution in [0.5, 0.6) is 0 Å². The van der Waals surface area contributed by atoms with Crippen molar-refractivity contribution in [2.45, 2.75) is 327 Å². The van der Waals surface area contributed by atoms with Crippen LogP contribution in [0.25, 0.3) is 0 Å². The number of rotatable bonds is 36. The van der Waals surface area contributed by atoms with Gasteiger partial charge < -0.3 is 268 Å². The van der Waals surface area contributed by atoms with E-state index >= 15 is 0 Å². The Bertz CT molecular complexity index is 2860. The predicted octanol–water partition coefficient (Wildman–Crippen LogP) is -15.7. The Balaban J connectivity index is 0.000000422. The fraction of sp³-hybridized carbons (Fsp3) is 1.00. The lowest BCUT2D eigenvalue weighted by Gasteiger charge is -2.42. The third-order valence-corrected chi connectivity index (χ3v) is 26.8. The third-order valence-electron chi connectivity index (χ3n) is 22.8. The third kappa shape index (κ3) is 36.9. The van der Waals surface area contributed by atoms with Gasteiger partial charge in [-0.1, -0.05) is 0 Å². The lowest BCUT2D eigenvalue weighted by Crippen LogP contribution is -2.61. The van der Waals surface area contributed by atoms with Crippen LogP contribution in [0.3, 0.4) is 0 Å². The second-order valence-electron chi connectivity index (χ2n) is 32.6. The van der Waals surface area contributed by atoms with Gasteiger partial charge in [0.15, 0.2) is 69.2 Å². The first-order valence-electron chi connectivity index (χ1n) is 43.5. The van der Waals surface area contributed by atoms with Gasteiger partial charge in [0, 0.05) is 98.0 Å². The van der Waals surface area contributed by atoms with Gasteiger partial charge in [0.05, 0.1) is 81.9 Å². The lowest BCUT2D eigenvalue weighted by atomic mass is 9.99. The van der Waals surface area contributed by atoms with Crippen LogP contribution in [0, 0.1) is 0 Å². The van der Waals surface area contributed by atoms with Gasteiger partial charge >= 0.3 is 0 Å². The van der Waals surface area contributed by atoms with Crippen LogP contribution in [0.2, 0.25) is 0 Å². The highest BCUT2D eigenvalue weighted by molar-refractivity contribution is 7.99. The Morgan fingerprint density at radius 3 is 0.597 bits per heavy atom. The molecule has 11 rings (SSSR count). The average molecular weight is 2160 g/mol. The van der Waals surface area contributed by atoms with E-state index in [-0.39, 0.29) is 24.6 Å². The number of ether oxygens (including phenoxy) is 23. The Hall–Kier alpha value is -0.0600. The molecule has 0 saturated carbocycles. The summed E-state index contributed by atoms with van der Waals surface area (Å²) in [5.41, 5.74) is 0. The molecule has 139 heavy (non-hydrogen) atoms. The molecule has 11 saturated heterocycles. The number of aliphatic hydroxyl groups excluding tert-OH is 30. The van der Waals surface area contributed by atoms with E-state index in [0.717, 1.165) is 0 Å². The highest BCUT2D eigenvalue weighted by Gasteiger charge is 2.58. The molecule has 0 spiro atoms. The standard InChI is InChI=1S/5C13H24O9S.C7H14O4S.C5H12O3.C2H6O.H2O/c2*1-19-12-10(18)8(16)11(5(3-14)20-12)22-13-9(17)7(15)6(21-13)4-23-2;2*1-19-12-10(18)11(8(16)5(3-14)20-12)22-13-9(17)7(15)6(21-13)4-23-2;1-19-13-11(9(17)7(15)5(3-14)20-13)22-12-10(18)8(16)6(21-12)4-23-2;1-10-7-6(9)5(8)4(11-7)3-12-2;1-4(7)5(8)2-3-6;1-3-2;/h5*5-18H,3-4H2,1-2H3;4-9H,3H2,1-2H3;4-8H,2-3H2,1H3;1-2H3;1H2/t5?,6-,7?,8+,9+,10?,11+,12-,13-;5?,6-,7?,8-,9+,10?,11-,12+,13-;5?,6-,7?,8+,9+,10?,11-,12-,13-;5?,6-,7?,8-,9?,10?,11+,12+,13-;5?,6-,7-,8?,9+,10+,11?,12-,13+;4-,5?,6?,7+;4-,5-;;/m0101101../s1. The van der Waals surface area contributed by atoms with Crippen molar-refractivity contribution in [2.75, 3.05) is 169 Å². The SMILES string of the molecule is COC.CO[C@@H]1O[C@@H](CSC)C(O)C1O.CO[C@H]1OC(CO)[C@@H](O)[C@H](O)C1O[C@H]1O[C@H](CSC)C(O)[C@@H]1O.CO[C@H]1OC(CO)[C@@H](O)[C@H](O[C@@H]2O[C@@H](CSC)C(O)[C@H]2O)C1O.CO[C@H]1OC(CO)[C@@H](O)[C@H](O[C@H]2O[C@H](CSC)C(O)C2O)C1O.CO[C@H]1OC(CO)[C@@H](O[C@@H]2O[C@@H](CSC)C(O)[C@H]2O)[C@H](O)C1O.CO[C@H]1OC(CO)[C@@H](O[C@H]2O[C@H](CSC)C(O)[C@@H]2O)[C@H](O)C1O.C[C@@H](O)[C@H](O)CCO.O. The van der Waals surface area contributed by atoms with Gasteiger partial charge in [-0.15, -0.1) is 0 Å². The molecule has 0 aromatic carbocycles. The van der Waals surface area contributed by atoms with E-state index < -0.39 is 340 Å². The summed E-state index contributed by atoms with van der Waals surface area (Å²) in [5, 5.41) is 291. The Kier molecular flexibility index (Phi) is 65.2. The molecule has 0 aliphatic carbocycles. The zero-order chi connectivity index (χ0) is 104. The minimum atomic E-state index is -1.42. The second kappa shape index (κ2) is 68.1. The summed E-state index contributed by atoms with van der Waals surface area (Å²) in [5.74, 6) is 2.95. The number of thioether (sulfide) groups is 6. The molecular formula is C79H154O54S6. The van der Waals surface area contributed by atoms with Crippen molar-refractivity contribution in [3.05, 3.63) is 0 Å². The zero-order valence-corrected chi connectivity index (χ0v) is 84.3. The topological polar surface area (TPSA) is 851 Å². The van der Waals surface area contributed by atoms with Crippen molar-refractivity contribution in [2.24, 2.45) is 0 Å². The normalized spacial score (nSPS) is 44.4. The van der Waals surface area contributed by atoms with Gasteiger partial charge in [-0.3, -0.25) is 0 Å². The van der Waals surface area contributed by atoms with E-state index in [0.29, 0.717) is 34.5 Å². The van der Waals surface area contributed by atoms with Crippen molar-refractivity contribution in [3.8, 4) is 0 Å². The highest BCUT2D eigenvalue weighted by Crippen LogP contribution is 2.38. The number of aliphatic hydroxyl groups is 30. The summed E-state index contributed by atoms with van der Waals surface area (Å²) in [4.78, 5) is 0. The van der Waals surface area contributed by atoms with Crippen LogP contribution >= 0.6 is 70.6 Å². The average Bonchev–Trinajstić information content (AvgIpc) is 1.62. The summed E-state index contributed by atoms with van der Waals surface area (Å²) in [6, 6.07) is 0. The second-order valence-corrected chi connectivity index (χ2v) is 38.0. The van der Waals surface area contributed by atoms with Crippen LogP contribution in [0.15, 0.2) is 0 Å². The summed E-state index contributed by atoms with van der Waals surface area (Å²) >= 11 is 8.77. The molecule has 11 aliphatic rings. The van der Waals surface area contributed by atoms with E-state index in [4.69, 9.17) is 125 Å². The van der Waals surface area contributed by atoms with Gasteiger partial charge in [0.1, 0.15) is 195 Å². The van der Waals surface area contributed by atoms with Crippen LogP contribution < -0.4 is 0 Å². The van der Waals surface area contributed by atoms with Crippen molar-refractivity contribution in [1.29, 1.82) is 0 Å². The largest absolute Gasteiger partial charge is 0.412 e. The fourth-order valence-electron chi connectivity index (χ4n) is 15.0. The summed E-state index contributed by atoms with van der Waals surface area (Å²) in [6.07, 6.45) is -44.5. The van der Waals surface area contributed by atoms with Crippen molar-refractivity contribution < 1.29 is 268 Å². The molecule has 54 nitrogen and oxygen atoms in total. The van der Waals surface area contributed by atoms with Crippen LogP contribution in [0.4, 0.5) is 0 Å². The van der Waals surface area contributed by atoms with Gasteiger partial charge in [0.2, 0.25) is 0 Å². The molecule has 0 bridgehead atoms. The van der Waals surface area contributed by atoms with Gasteiger partial charge in [-0.05, 0) is 50.9 Å². The van der Waals surface area contributed by atoms with E-state index in [1.165, 1.54) is 108 Å². The molecule has 11 aliphatic heterocycles. The van der Waals surface area contributed by atoms with Crippen LogP contribution in [-0.4, -0.2) is 641 Å². The van der Waals surface area contributed by atoms with Crippen LogP contribution in [-0.2, 0) is 109 Å². The van der Waals surface area contributed by atoms with Gasteiger partial charge in [-0.2, -0.15) is 70.6 Å². The minimum Gasteiger partial charge on any atom is -0.412 e. The molecule has 0 radical (unpaired) electrons. The Morgan fingerprint density at radius 2 is 0.388 bits per heavy atom. The quantitative estimate of drug-likeness (QED) is 0.0277. The molecule has 51 atom stereocenters. The van der Waals surface area contributed by atoms with Gasteiger partial charge in [0.25, 0.3) is 0 Å². The molecule has 11 fully saturated rings. The lowest BCUT2D eigenvalue weighted by molar-refractivity contribution is -0.332.